The molecule has 1 heterocycles. The molecule has 0 unspecified atom stereocenters. The molecule has 1 aromatic heterocycles. The highest BCUT2D eigenvalue weighted by Gasteiger charge is 2.19. The predicted octanol–water partition coefficient (Wildman–Crippen LogP) is 0.598. The van der Waals surface area contributed by atoms with E-state index in [4.69, 9.17) is 31.5 Å². The van der Waals surface area contributed by atoms with Crippen LogP contribution in [0.1, 0.15) is 16.2 Å². The highest BCUT2D eigenvalue weighted by atomic mass is 35.5. The van der Waals surface area contributed by atoms with Gasteiger partial charge in [-0.3, -0.25) is 4.79 Å². The van der Waals surface area contributed by atoms with E-state index in [1.165, 1.54) is 37.7 Å². The summed E-state index contributed by atoms with van der Waals surface area (Å²) in [4.78, 5) is 26.8. The lowest BCUT2D eigenvalue weighted by molar-refractivity contribution is -0.620. The molecule has 132 valence electrons. The molecule has 0 aliphatic rings. The number of methoxy groups -OCH3 is 1. The molecule has 10 heteroatoms. The molecule has 0 atom stereocenters. The smallest absolute Gasteiger partial charge is 0.339 e. The summed E-state index contributed by atoms with van der Waals surface area (Å²) in [6, 6.07) is 4.06. The van der Waals surface area contributed by atoms with Gasteiger partial charge in [0.2, 0.25) is 0 Å². The third-order valence-corrected chi connectivity index (χ3v) is 3.22. The van der Waals surface area contributed by atoms with Crippen molar-refractivity contribution in [1.29, 1.82) is 0 Å². The van der Waals surface area contributed by atoms with Crippen LogP contribution in [0.4, 0.5) is 0 Å². The molecule has 0 aliphatic carbocycles. The number of primary amides is 1. The number of nitrogens with two attached hydrogens (primary N) is 1. The Labute approximate surface area is 147 Å². The summed E-state index contributed by atoms with van der Waals surface area (Å²) >= 11 is 6.05. The minimum atomic E-state index is -0.743. The van der Waals surface area contributed by atoms with Gasteiger partial charge in [0.15, 0.2) is 24.7 Å². The number of rotatable bonds is 7. The Morgan fingerprint density at radius 2 is 2.16 bits per heavy atom. The van der Waals surface area contributed by atoms with E-state index in [9.17, 15) is 14.8 Å². The summed E-state index contributed by atoms with van der Waals surface area (Å²) in [5.41, 5.74) is 5.08. The molecule has 9 nitrogen and oxygen atoms in total. The summed E-state index contributed by atoms with van der Waals surface area (Å²) in [5, 5.41) is 11.5. The topological polar surface area (TPSA) is 128 Å². The Morgan fingerprint density at radius 3 is 2.80 bits per heavy atom. The maximum atomic E-state index is 12.1. The minimum absolute atomic E-state index is 0.0234. The fraction of sp³-hybridized carbons (Fsp3) is 0.200. The first-order valence-corrected chi connectivity index (χ1v) is 7.29. The summed E-state index contributed by atoms with van der Waals surface area (Å²) in [5.74, 6) is -1.22. The largest absolute Gasteiger partial charge is 0.711 e. The molecule has 0 spiro atoms. The average molecular weight is 368 g/mol. The first-order chi connectivity index (χ1) is 11.9. The zero-order valence-corrected chi connectivity index (χ0v) is 13.9. The lowest BCUT2D eigenvalue weighted by Crippen LogP contribution is -2.33. The van der Waals surface area contributed by atoms with Crippen LogP contribution in [0.3, 0.4) is 0 Å². The van der Waals surface area contributed by atoms with Crippen LogP contribution in [0.25, 0.3) is 0 Å². The Bertz CT molecular complexity index is 799. The highest BCUT2D eigenvalue weighted by Crippen LogP contribution is 2.36. The van der Waals surface area contributed by atoms with Crippen molar-refractivity contribution >= 4 is 23.5 Å². The van der Waals surface area contributed by atoms with Crippen LogP contribution < -0.4 is 19.9 Å². The van der Waals surface area contributed by atoms with Crippen molar-refractivity contribution in [2.75, 3.05) is 13.7 Å². The Morgan fingerprint density at radius 1 is 1.40 bits per heavy atom. The molecule has 0 saturated carbocycles. The second kappa shape index (κ2) is 8.15. The van der Waals surface area contributed by atoms with E-state index in [-0.39, 0.29) is 34.5 Å². The van der Waals surface area contributed by atoms with Crippen LogP contribution in [-0.2, 0) is 16.1 Å². The second-order valence-electron chi connectivity index (χ2n) is 4.68. The fourth-order valence-corrected chi connectivity index (χ4v) is 2.09. The van der Waals surface area contributed by atoms with Crippen molar-refractivity contribution in [3.63, 3.8) is 0 Å². The zero-order valence-electron chi connectivity index (χ0n) is 13.1. The van der Waals surface area contributed by atoms with Gasteiger partial charge in [-0.15, -0.1) is 0 Å². The molecule has 25 heavy (non-hydrogen) atoms. The number of hydrogen-bond acceptors (Lipinski definition) is 7. The highest BCUT2D eigenvalue weighted by molar-refractivity contribution is 6.32. The van der Waals surface area contributed by atoms with Crippen molar-refractivity contribution < 1.29 is 28.5 Å². The number of ether oxygens (including phenoxy) is 3. The molecule has 0 fully saturated rings. The zero-order chi connectivity index (χ0) is 18.4. The molecule has 2 N–H and O–H groups in total. The van der Waals surface area contributed by atoms with Crippen LogP contribution in [0, 0.1) is 5.21 Å². The Hall–Kier alpha value is -3.07. The van der Waals surface area contributed by atoms with E-state index in [1.54, 1.807) is 0 Å². The monoisotopic (exact) mass is 367 g/mol. The predicted molar refractivity (Wildman–Crippen MR) is 85.0 cm³/mol. The Kier molecular flexibility index (Phi) is 5.96. The standard InChI is InChI=1S/C15H14ClN3O6/c1-23-11-6-9(5-10(16)14(11)24-7-12(17)20)15(21)25-8-13-18-3-2-4-19(13)22/h2-6H,7-8H2,1H3,(H2,17,20). The third-order valence-electron chi connectivity index (χ3n) is 2.94. The van der Waals surface area contributed by atoms with E-state index < -0.39 is 18.5 Å². The van der Waals surface area contributed by atoms with E-state index in [0.717, 1.165) is 0 Å². The fourth-order valence-electron chi connectivity index (χ4n) is 1.82. The van der Waals surface area contributed by atoms with Gasteiger partial charge in [-0.2, -0.15) is 0 Å². The van der Waals surface area contributed by atoms with Crippen LogP contribution in [-0.4, -0.2) is 30.6 Å². The molecule has 0 saturated heterocycles. The van der Waals surface area contributed by atoms with Gasteiger partial charge in [0.05, 0.1) is 23.9 Å². The lowest BCUT2D eigenvalue weighted by Gasteiger charge is -2.13. The van der Waals surface area contributed by atoms with Crippen molar-refractivity contribution in [3.8, 4) is 11.5 Å². The van der Waals surface area contributed by atoms with Gasteiger partial charge >= 0.3 is 11.8 Å². The number of aromatic nitrogens is 2. The van der Waals surface area contributed by atoms with Gasteiger partial charge in [0.25, 0.3) is 5.91 Å². The average Bonchev–Trinajstić information content (AvgIpc) is 2.58. The van der Waals surface area contributed by atoms with Crippen LogP contribution >= 0.6 is 11.6 Å². The lowest BCUT2D eigenvalue weighted by atomic mass is 10.2. The van der Waals surface area contributed by atoms with Crippen LogP contribution in [0.15, 0.2) is 30.6 Å². The van der Waals surface area contributed by atoms with E-state index in [0.29, 0.717) is 4.73 Å². The maximum absolute atomic E-state index is 12.1. The normalized spacial score (nSPS) is 10.2. The van der Waals surface area contributed by atoms with Crippen LogP contribution in [0.5, 0.6) is 11.5 Å². The van der Waals surface area contributed by atoms with Gasteiger partial charge in [0, 0.05) is 6.07 Å². The quantitative estimate of drug-likeness (QED) is 0.431. The van der Waals surface area contributed by atoms with E-state index >= 15 is 0 Å². The summed E-state index contributed by atoms with van der Waals surface area (Å²) in [6.07, 6.45) is 2.64. The molecule has 2 rings (SSSR count). The molecule has 0 radical (unpaired) electrons. The summed E-state index contributed by atoms with van der Waals surface area (Å²) in [6.45, 7) is -0.716. The van der Waals surface area contributed by atoms with Gasteiger partial charge in [0.1, 0.15) is 6.20 Å². The van der Waals surface area contributed by atoms with Gasteiger partial charge in [-0.25, -0.2) is 9.52 Å². The number of amides is 1. The molecule has 1 aromatic carbocycles. The summed E-state index contributed by atoms with van der Waals surface area (Å²) in [7, 11) is 1.34. The molecule has 2 aromatic rings. The Balaban J connectivity index is 2.15. The van der Waals surface area contributed by atoms with E-state index in [1.807, 2.05) is 0 Å². The molecular weight excluding hydrogens is 354 g/mol. The number of esters is 1. The molecule has 0 bridgehead atoms. The second-order valence-corrected chi connectivity index (χ2v) is 5.09. The van der Waals surface area contributed by atoms with Crippen molar-refractivity contribution in [2.24, 2.45) is 5.73 Å². The molecule has 0 aliphatic heterocycles. The molecular formula is C15H14ClN3O6. The van der Waals surface area contributed by atoms with Gasteiger partial charge in [-0.1, -0.05) is 11.6 Å². The number of hydrogen-bond donors (Lipinski definition) is 1. The van der Waals surface area contributed by atoms with Gasteiger partial charge in [-0.05, 0) is 17.1 Å². The molecule has 1 amide bonds. The minimum Gasteiger partial charge on any atom is -0.711 e. The van der Waals surface area contributed by atoms with Crippen molar-refractivity contribution in [1.82, 2.24) is 4.98 Å². The SMILES string of the molecule is COc1cc(C(=O)OCc2nccc[n+]2[O-])cc(Cl)c1OCC(N)=O. The first-order valence-electron chi connectivity index (χ1n) is 6.91. The first kappa shape index (κ1) is 18.3. The number of benzene rings is 1. The number of carbonyl (C=O) groups is 2. The number of halogens is 1. The van der Waals surface area contributed by atoms with E-state index in [2.05, 4.69) is 4.98 Å². The van der Waals surface area contributed by atoms with Crippen molar-refractivity contribution in [2.45, 2.75) is 6.61 Å². The number of nitrogens with zero attached hydrogens (tertiary/aromatic N) is 2. The third kappa shape index (κ3) is 4.70. The summed E-state index contributed by atoms with van der Waals surface area (Å²) < 4.78 is 15.8. The van der Waals surface area contributed by atoms with Crippen molar-refractivity contribution in [3.05, 3.63) is 52.2 Å². The van der Waals surface area contributed by atoms with Gasteiger partial charge < -0.3 is 25.2 Å². The number of carbonyl (C=O) groups excluding carboxylic acids is 2. The van der Waals surface area contributed by atoms with Crippen LogP contribution in [0.2, 0.25) is 5.02 Å². The maximum Gasteiger partial charge on any atom is 0.339 e.